The van der Waals surface area contributed by atoms with Crippen molar-refractivity contribution in [1.82, 2.24) is 9.97 Å². The first-order chi connectivity index (χ1) is 10.0. The SMILES string of the molecule is CC1(C)OB([C@H]2C[C@@H]2c2cnc(C(F)(F)F)nc2)OC1(C)C. The fourth-order valence-corrected chi connectivity index (χ4v) is 2.64. The molecule has 0 unspecified atom stereocenters. The molecule has 0 aromatic carbocycles. The van der Waals surface area contributed by atoms with E-state index in [2.05, 4.69) is 9.97 Å². The quantitative estimate of drug-likeness (QED) is 0.784. The molecule has 0 spiro atoms. The number of hydrogen-bond donors (Lipinski definition) is 0. The van der Waals surface area contributed by atoms with Gasteiger partial charge in [-0.15, -0.1) is 0 Å². The van der Waals surface area contributed by atoms with Crippen molar-refractivity contribution in [2.45, 2.75) is 63.2 Å². The van der Waals surface area contributed by atoms with Crippen molar-refractivity contribution in [1.29, 1.82) is 0 Å². The zero-order valence-electron chi connectivity index (χ0n) is 12.9. The Morgan fingerprint density at radius 1 is 1.09 bits per heavy atom. The second-order valence-corrected chi connectivity index (χ2v) is 6.97. The van der Waals surface area contributed by atoms with Gasteiger partial charge in [-0.05, 0) is 45.6 Å². The second kappa shape index (κ2) is 4.68. The molecule has 0 N–H and O–H groups in total. The van der Waals surface area contributed by atoms with Crippen molar-refractivity contribution in [3.8, 4) is 0 Å². The van der Waals surface area contributed by atoms with Gasteiger partial charge >= 0.3 is 13.3 Å². The maximum atomic E-state index is 12.5. The van der Waals surface area contributed by atoms with Crippen molar-refractivity contribution >= 4 is 7.12 Å². The Hall–Kier alpha value is -1.15. The number of rotatable bonds is 2. The van der Waals surface area contributed by atoms with Crippen LogP contribution < -0.4 is 0 Å². The van der Waals surface area contributed by atoms with E-state index in [-0.39, 0.29) is 18.9 Å². The first-order valence-electron chi connectivity index (χ1n) is 7.26. The van der Waals surface area contributed by atoms with Crippen LogP contribution in [0.1, 0.15) is 51.4 Å². The first-order valence-corrected chi connectivity index (χ1v) is 7.26. The summed E-state index contributed by atoms with van der Waals surface area (Å²) in [4.78, 5) is 6.82. The van der Waals surface area contributed by atoms with Crippen LogP contribution in [0.3, 0.4) is 0 Å². The second-order valence-electron chi connectivity index (χ2n) is 6.97. The summed E-state index contributed by atoms with van der Waals surface area (Å²) >= 11 is 0. The first kappa shape index (κ1) is 15.7. The van der Waals surface area contributed by atoms with E-state index in [1.807, 2.05) is 27.7 Å². The van der Waals surface area contributed by atoms with E-state index in [4.69, 9.17) is 9.31 Å². The average molecular weight is 314 g/mol. The van der Waals surface area contributed by atoms with Gasteiger partial charge in [0.25, 0.3) is 0 Å². The maximum Gasteiger partial charge on any atom is 0.461 e. The van der Waals surface area contributed by atoms with E-state index in [1.54, 1.807) is 0 Å². The lowest BCUT2D eigenvalue weighted by Gasteiger charge is -2.32. The lowest BCUT2D eigenvalue weighted by molar-refractivity contribution is -0.145. The highest BCUT2D eigenvalue weighted by Crippen LogP contribution is 2.58. The zero-order chi connectivity index (χ0) is 16.3. The molecule has 22 heavy (non-hydrogen) atoms. The molecular formula is C14H18BF3N2O2. The monoisotopic (exact) mass is 314 g/mol. The summed E-state index contributed by atoms with van der Waals surface area (Å²) < 4.78 is 49.3. The third-order valence-electron chi connectivity index (χ3n) is 4.81. The summed E-state index contributed by atoms with van der Waals surface area (Å²) in [6.07, 6.45) is -1.18. The average Bonchev–Trinajstić information content (AvgIpc) is 3.12. The molecule has 2 atom stereocenters. The summed E-state index contributed by atoms with van der Waals surface area (Å²) in [5.74, 6) is -0.873. The Morgan fingerprint density at radius 2 is 1.59 bits per heavy atom. The largest absolute Gasteiger partial charge is 0.461 e. The van der Waals surface area contributed by atoms with Crippen LogP contribution in [-0.4, -0.2) is 28.3 Å². The van der Waals surface area contributed by atoms with Crippen molar-refractivity contribution < 1.29 is 22.5 Å². The molecule has 1 saturated carbocycles. The fourth-order valence-electron chi connectivity index (χ4n) is 2.64. The fraction of sp³-hybridized carbons (Fsp3) is 0.714. The van der Waals surface area contributed by atoms with Gasteiger partial charge in [-0.3, -0.25) is 0 Å². The molecule has 2 heterocycles. The van der Waals surface area contributed by atoms with Crippen molar-refractivity contribution in [2.75, 3.05) is 0 Å². The summed E-state index contributed by atoms with van der Waals surface area (Å²) in [6, 6.07) is 0. The highest BCUT2D eigenvalue weighted by molar-refractivity contribution is 6.49. The van der Waals surface area contributed by atoms with Gasteiger partial charge in [-0.2, -0.15) is 13.2 Å². The van der Waals surface area contributed by atoms with Gasteiger partial charge in [0.1, 0.15) is 0 Å². The molecule has 4 nitrogen and oxygen atoms in total. The normalized spacial score (nSPS) is 29.7. The molecule has 0 radical (unpaired) electrons. The van der Waals surface area contributed by atoms with Gasteiger partial charge < -0.3 is 9.31 Å². The molecule has 0 bridgehead atoms. The van der Waals surface area contributed by atoms with Crippen LogP contribution in [0.25, 0.3) is 0 Å². The minimum atomic E-state index is -4.51. The topological polar surface area (TPSA) is 44.2 Å². The van der Waals surface area contributed by atoms with E-state index < -0.39 is 23.2 Å². The van der Waals surface area contributed by atoms with Gasteiger partial charge in [0.2, 0.25) is 5.82 Å². The Balaban J connectivity index is 1.68. The molecule has 2 aliphatic rings. The van der Waals surface area contributed by atoms with Gasteiger partial charge in [-0.1, -0.05) is 0 Å². The molecule has 2 fully saturated rings. The van der Waals surface area contributed by atoms with Crippen LogP contribution in [0.4, 0.5) is 13.2 Å². The van der Waals surface area contributed by atoms with Gasteiger partial charge in [0, 0.05) is 18.2 Å². The van der Waals surface area contributed by atoms with Gasteiger partial charge in [0.05, 0.1) is 11.2 Å². The predicted octanol–water partition coefficient (Wildman–Crippen LogP) is 3.45. The predicted molar refractivity (Wildman–Crippen MR) is 74.2 cm³/mol. The number of hydrogen-bond acceptors (Lipinski definition) is 4. The lowest BCUT2D eigenvalue weighted by Crippen LogP contribution is -2.41. The van der Waals surface area contributed by atoms with E-state index in [9.17, 15) is 13.2 Å². The summed E-state index contributed by atoms with van der Waals surface area (Å²) in [6.45, 7) is 7.91. The molecule has 1 saturated heterocycles. The lowest BCUT2D eigenvalue weighted by atomic mass is 9.80. The molecule has 3 rings (SSSR count). The van der Waals surface area contributed by atoms with Gasteiger partial charge in [0.15, 0.2) is 0 Å². The van der Waals surface area contributed by atoms with Crippen LogP contribution in [0.5, 0.6) is 0 Å². The van der Waals surface area contributed by atoms with E-state index in [1.165, 1.54) is 12.4 Å². The highest BCUT2D eigenvalue weighted by atomic mass is 19.4. The van der Waals surface area contributed by atoms with Crippen LogP contribution >= 0.6 is 0 Å². The Kier molecular flexibility index (Phi) is 3.34. The standard InChI is InChI=1S/C14H18BF3N2O2/c1-12(2)13(3,4)22-15(21-12)10-5-9(10)8-6-19-11(20-7-8)14(16,17)18/h6-7,9-10H,5H2,1-4H3/t9-,10+/m1/s1. The summed E-state index contributed by atoms with van der Waals surface area (Å²) in [7, 11) is -0.336. The number of halogens is 3. The number of alkyl halides is 3. The zero-order valence-corrected chi connectivity index (χ0v) is 12.9. The third-order valence-corrected chi connectivity index (χ3v) is 4.81. The minimum absolute atomic E-state index is 0.0944. The van der Waals surface area contributed by atoms with Crippen LogP contribution in [0.15, 0.2) is 12.4 Å². The summed E-state index contributed by atoms with van der Waals surface area (Å²) in [5.41, 5.74) is -0.101. The van der Waals surface area contributed by atoms with Crippen LogP contribution in [0.2, 0.25) is 5.82 Å². The summed E-state index contributed by atoms with van der Waals surface area (Å²) in [5, 5.41) is 0. The molecular weight excluding hydrogens is 296 g/mol. The molecule has 8 heteroatoms. The number of aromatic nitrogens is 2. The third kappa shape index (κ3) is 2.62. The Bertz CT molecular complexity index is 558. The van der Waals surface area contributed by atoms with Crippen LogP contribution in [0, 0.1) is 0 Å². The maximum absolute atomic E-state index is 12.5. The molecule has 1 aromatic heterocycles. The van der Waals surface area contributed by atoms with Crippen molar-refractivity contribution in [2.24, 2.45) is 0 Å². The van der Waals surface area contributed by atoms with Crippen molar-refractivity contribution in [3.05, 3.63) is 23.8 Å². The highest BCUT2D eigenvalue weighted by Gasteiger charge is 2.60. The van der Waals surface area contributed by atoms with Crippen LogP contribution in [-0.2, 0) is 15.5 Å². The number of nitrogens with zero attached hydrogens (tertiary/aromatic N) is 2. The minimum Gasteiger partial charge on any atom is -0.403 e. The van der Waals surface area contributed by atoms with E-state index >= 15 is 0 Å². The molecule has 120 valence electrons. The molecule has 0 amide bonds. The van der Waals surface area contributed by atoms with E-state index in [0.29, 0.717) is 5.56 Å². The smallest absolute Gasteiger partial charge is 0.403 e. The molecule has 1 aromatic rings. The van der Waals surface area contributed by atoms with Crippen molar-refractivity contribution in [3.63, 3.8) is 0 Å². The van der Waals surface area contributed by atoms with Gasteiger partial charge in [-0.25, -0.2) is 9.97 Å². The molecule has 1 aliphatic carbocycles. The Labute approximate surface area is 127 Å². The Morgan fingerprint density at radius 3 is 2.05 bits per heavy atom. The molecule has 1 aliphatic heterocycles. The van der Waals surface area contributed by atoms with E-state index in [0.717, 1.165) is 6.42 Å².